The minimum atomic E-state index is 0.529. The fraction of sp³-hybridized carbons (Fsp3) is 0. The Hall–Kier alpha value is -8.68. The van der Waals surface area contributed by atoms with E-state index in [1.807, 2.05) is 42.6 Å². The minimum Gasteiger partial charge on any atom is -0.307 e. The van der Waals surface area contributed by atoms with Gasteiger partial charge in [0.2, 0.25) is 0 Å². The molecule has 5 aromatic heterocycles. The van der Waals surface area contributed by atoms with Crippen LogP contribution in [0.25, 0.3) is 117 Å². The molecule has 0 saturated heterocycles. The molecule has 0 saturated carbocycles. The molecule has 0 N–H and O–H groups in total. The molecule has 0 atom stereocenters. The van der Waals surface area contributed by atoms with Crippen LogP contribution in [0.3, 0.4) is 0 Å². The molecule has 0 aliphatic carbocycles. The van der Waals surface area contributed by atoms with Gasteiger partial charge in [-0.1, -0.05) is 170 Å². The molecule has 294 valence electrons. The van der Waals surface area contributed by atoms with E-state index < -0.39 is 0 Å². The first kappa shape index (κ1) is 35.1. The number of hydrogen-bond acceptors (Lipinski definition) is 4. The van der Waals surface area contributed by atoms with Crippen molar-refractivity contribution in [2.24, 2.45) is 0 Å². The molecule has 0 bridgehead atoms. The third kappa shape index (κ3) is 5.33. The first-order valence-electron chi connectivity index (χ1n) is 21.2. The Morgan fingerprint density at radius 2 is 0.603 bits per heavy atom. The molecule has 0 aliphatic heterocycles. The number of para-hydroxylation sites is 6. The van der Waals surface area contributed by atoms with Gasteiger partial charge >= 0.3 is 0 Å². The predicted molar refractivity (Wildman–Crippen MR) is 257 cm³/mol. The van der Waals surface area contributed by atoms with Crippen LogP contribution >= 0.6 is 0 Å². The number of hydrogen-bond donors (Lipinski definition) is 0. The highest BCUT2D eigenvalue weighted by Crippen LogP contribution is 2.45. The summed E-state index contributed by atoms with van der Waals surface area (Å²) in [5.74, 6) is 2.44. The Bertz CT molecular complexity index is 3700. The van der Waals surface area contributed by atoms with Crippen LogP contribution in [0.15, 0.2) is 212 Å². The molecule has 63 heavy (non-hydrogen) atoms. The van der Waals surface area contributed by atoms with Gasteiger partial charge in [-0.2, -0.15) is 0 Å². The monoisotopic (exact) mass is 805 g/mol. The number of fused-ring (bicyclic) bond motifs is 9. The maximum Gasteiger partial charge on any atom is 0.168 e. The van der Waals surface area contributed by atoms with Crippen LogP contribution in [-0.4, -0.2) is 33.6 Å². The Balaban J connectivity index is 1.29. The van der Waals surface area contributed by atoms with Gasteiger partial charge in [0.15, 0.2) is 23.3 Å². The molecule has 0 aliphatic rings. The quantitative estimate of drug-likeness (QED) is 0.168. The Kier molecular flexibility index (Phi) is 7.77. The van der Waals surface area contributed by atoms with Crippen LogP contribution in [0.4, 0.5) is 0 Å². The van der Waals surface area contributed by atoms with E-state index in [9.17, 15) is 0 Å². The lowest BCUT2D eigenvalue weighted by molar-refractivity contribution is 0.994. The lowest BCUT2D eigenvalue weighted by Crippen LogP contribution is -2.13. The van der Waals surface area contributed by atoms with Crippen molar-refractivity contribution in [3.63, 3.8) is 0 Å². The van der Waals surface area contributed by atoms with Crippen molar-refractivity contribution in [2.75, 3.05) is 0 Å². The second kappa shape index (κ2) is 13.9. The molecule has 8 aromatic carbocycles. The molecule has 7 heteroatoms. The summed E-state index contributed by atoms with van der Waals surface area (Å²) in [4.78, 5) is 21.9. The SMILES string of the molecule is c1ccc(-c2nc(-c3ccccc3)nc(-c3c(-n4c5ccccc5c5ccccc54)cnc(-n4c5ccccc5c5ccccc54)c3-n3c4ccccc4c4ccccc43)n2)cc1. The fourth-order valence-corrected chi connectivity index (χ4v) is 9.66. The van der Waals surface area contributed by atoms with Gasteiger partial charge in [0.25, 0.3) is 0 Å². The molecule has 0 unspecified atom stereocenters. The molecule has 7 nitrogen and oxygen atoms in total. The molecule has 0 amide bonds. The summed E-state index contributed by atoms with van der Waals surface area (Å²) in [6.07, 6.45) is 2.03. The zero-order valence-electron chi connectivity index (χ0n) is 33.8. The van der Waals surface area contributed by atoms with Gasteiger partial charge in [-0.25, -0.2) is 19.9 Å². The summed E-state index contributed by atoms with van der Waals surface area (Å²) in [5, 5.41) is 6.87. The molecule has 0 spiro atoms. The molecule has 0 radical (unpaired) electrons. The smallest absolute Gasteiger partial charge is 0.168 e. The highest BCUT2D eigenvalue weighted by atomic mass is 15.2. The lowest BCUT2D eigenvalue weighted by Gasteiger charge is -2.23. The van der Waals surface area contributed by atoms with Crippen LogP contribution in [0.1, 0.15) is 0 Å². The summed E-state index contributed by atoms with van der Waals surface area (Å²) in [6, 6.07) is 72.1. The van der Waals surface area contributed by atoms with Gasteiger partial charge in [0.1, 0.15) is 5.69 Å². The maximum atomic E-state index is 5.66. The van der Waals surface area contributed by atoms with Gasteiger partial charge in [0.05, 0.1) is 50.5 Å². The average Bonchev–Trinajstić information content (AvgIpc) is 4.00. The van der Waals surface area contributed by atoms with Gasteiger partial charge in [-0.3, -0.25) is 4.57 Å². The maximum absolute atomic E-state index is 5.66. The molecule has 0 fully saturated rings. The molecule has 13 aromatic rings. The Labute approximate surface area is 361 Å². The van der Waals surface area contributed by atoms with E-state index >= 15 is 0 Å². The van der Waals surface area contributed by atoms with Crippen LogP contribution in [0, 0.1) is 0 Å². The lowest BCUT2D eigenvalue weighted by atomic mass is 10.1. The van der Waals surface area contributed by atoms with Crippen LogP contribution in [0.5, 0.6) is 0 Å². The first-order chi connectivity index (χ1) is 31.3. The highest BCUT2D eigenvalue weighted by Gasteiger charge is 2.30. The minimum absolute atomic E-state index is 0.529. The van der Waals surface area contributed by atoms with E-state index in [2.05, 4.69) is 184 Å². The van der Waals surface area contributed by atoms with Crippen molar-refractivity contribution < 1.29 is 0 Å². The van der Waals surface area contributed by atoms with Gasteiger partial charge < -0.3 is 9.13 Å². The van der Waals surface area contributed by atoms with E-state index in [1.54, 1.807) is 0 Å². The summed E-state index contributed by atoms with van der Waals surface area (Å²) >= 11 is 0. The number of benzene rings is 8. The first-order valence-corrected chi connectivity index (χ1v) is 21.2. The number of rotatable bonds is 6. The van der Waals surface area contributed by atoms with E-state index in [0.717, 1.165) is 99.3 Å². The summed E-state index contributed by atoms with van der Waals surface area (Å²) < 4.78 is 7.05. The molecular weight excluding hydrogens is 771 g/mol. The van der Waals surface area contributed by atoms with Gasteiger partial charge in [0, 0.05) is 43.4 Å². The number of pyridine rings is 1. The molecule has 13 rings (SSSR count). The normalized spacial score (nSPS) is 11.8. The van der Waals surface area contributed by atoms with Crippen molar-refractivity contribution in [2.45, 2.75) is 0 Å². The second-order valence-electron chi connectivity index (χ2n) is 15.8. The van der Waals surface area contributed by atoms with Crippen molar-refractivity contribution >= 4 is 65.4 Å². The van der Waals surface area contributed by atoms with Crippen molar-refractivity contribution in [1.29, 1.82) is 0 Å². The highest BCUT2D eigenvalue weighted by molar-refractivity contribution is 6.13. The van der Waals surface area contributed by atoms with Crippen molar-refractivity contribution in [3.8, 4) is 51.4 Å². The largest absolute Gasteiger partial charge is 0.307 e. The molecule has 5 heterocycles. The third-order valence-electron chi connectivity index (χ3n) is 12.4. The van der Waals surface area contributed by atoms with E-state index in [4.69, 9.17) is 19.9 Å². The van der Waals surface area contributed by atoms with Gasteiger partial charge in [-0.15, -0.1) is 0 Å². The standard InChI is InChI=1S/C56H35N7/c1-3-19-36(20-4-1)53-58-54(37-21-5-2-6-22-37)60-55(59-53)51-50(61-44-29-13-7-23-38(44)39-24-8-14-30-45(39)61)35-57-56(63-48-33-17-11-27-42(48)43-28-12-18-34-49(43)63)52(51)62-46-31-15-9-25-40(46)41-26-10-16-32-47(41)62/h1-35H. The zero-order valence-corrected chi connectivity index (χ0v) is 33.8. The fourth-order valence-electron chi connectivity index (χ4n) is 9.66. The topological polar surface area (TPSA) is 66.3 Å². The number of aromatic nitrogens is 7. The summed E-state index contributed by atoms with van der Waals surface area (Å²) in [5.41, 5.74) is 10.6. The van der Waals surface area contributed by atoms with E-state index in [1.165, 1.54) is 0 Å². The third-order valence-corrected chi connectivity index (χ3v) is 12.4. The van der Waals surface area contributed by atoms with E-state index in [0.29, 0.717) is 17.5 Å². The molecular formula is C56H35N7. The Morgan fingerprint density at radius 1 is 0.286 bits per heavy atom. The van der Waals surface area contributed by atoms with Gasteiger partial charge in [-0.05, 0) is 36.4 Å². The van der Waals surface area contributed by atoms with Crippen molar-refractivity contribution in [3.05, 3.63) is 212 Å². The average molecular weight is 806 g/mol. The zero-order chi connectivity index (χ0) is 41.4. The van der Waals surface area contributed by atoms with Crippen molar-refractivity contribution in [1.82, 2.24) is 33.6 Å². The summed E-state index contributed by atoms with van der Waals surface area (Å²) in [6.45, 7) is 0. The summed E-state index contributed by atoms with van der Waals surface area (Å²) in [7, 11) is 0. The second-order valence-corrected chi connectivity index (χ2v) is 15.8. The Morgan fingerprint density at radius 3 is 1.00 bits per heavy atom. The van der Waals surface area contributed by atoms with Crippen LogP contribution in [-0.2, 0) is 0 Å². The van der Waals surface area contributed by atoms with Crippen LogP contribution in [0.2, 0.25) is 0 Å². The van der Waals surface area contributed by atoms with Crippen LogP contribution < -0.4 is 0 Å². The predicted octanol–water partition coefficient (Wildman–Crippen LogP) is 13.6. The number of nitrogens with zero attached hydrogens (tertiary/aromatic N) is 7. The van der Waals surface area contributed by atoms with E-state index in [-0.39, 0.29) is 0 Å².